The van der Waals surface area contributed by atoms with Gasteiger partial charge in [0.2, 0.25) is 0 Å². The fourth-order valence-corrected chi connectivity index (χ4v) is 2.28. The van der Waals surface area contributed by atoms with E-state index in [0.29, 0.717) is 17.2 Å². The Hall–Kier alpha value is -2.93. The van der Waals surface area contributed by atoms with Gasteiger partial charge in [0.05, 0.1) is 14.2 Å². The number of halogens is 1. The fraction of sp³-hybridized carbons (Fsp3) is 0.222. The zero-order valence-electron chi connectivity index (χ0n) is 14.4. The Labute approximate surface area is 155 Å². The summed E-state index contributed by atoms with van der Waals surface area (Å²) >= 11 is 5.72. The van der Waals surface area contributed by atoms with E-state index in [2.05, 4.69) is 5.32 Å². The summed E-state index contributed by atoms with van der Waals surface area (Å²) in [4.78, 5) is 24.3. The van der Waals surface area contributed by atoms with Crippen LogP contribution in [0.4, 0.5) is 5.69 Å². The van der Waals surface area contributed by atoms with E-state index in [1.807, 2.05) is 0 Å². The van der Waals surface area contributed by atoms with E-state index in [1.54, 1.807) is 18.2 Å². The van der Waals surface area contributed by atoms with Crippen LogP contribution in [0.1, 0.15) is 17.3 Å². The number of rotatable bonds is 6. The fourth-order valence-electron chi connectivity index (χ4n) is 2.11. The molecule has 0 heterocycles. The molecule has 1 atom stereocenters. The van der Waals surface area contributed by atoms with Crippen LogP contribution in [-0.2, 0) is 9.53 Å². The molecule has 0 unspecified atom stereocenters. The molecular weight excluding hydrogens is 362 g/mol. The zero-order chi connectivity index (χ0) is 19.3. The molecule has 26 heavy (non-hydrogen) atoms. The van der Waals surface area contributed by atoms with Crippen LogP contribution in [0, 0.1) is 0 Å². The molecule has 0 bridgehead atoms. The van der Waals surface area contributed by atoms with Crippen LogP contribution in [0.2, 0.25) is 5.02 Å². The monoisotopic (exact) mass is 379 g/mol. The number of ether oxygens (including phenoxy) is 3. The number of carbonyl (C=O) groups is 2. The van der Waals surface area contributed by atoms with Crippen molar-refractivity contribution in [2.75, 3.05) is 19.5 Å². The molecule has 8 heteroatoms. The third-order valence-electron chi connectivity index (χ3n) is 3.48. The molecule has 2 rings (SSSR count). The van der Waals surface area contributed by atoms with Crippen LogP contribution < -0.4 is 14.8 Å². The van der Waals surface area contributed by atoms with Gasteiger partial charge in [-0.25, -0.2) is 4.79 Å². The lowest BCUT2D eigenvalue weighted by Gasteiger charge is -2.15. The normalized spacial score (nSPS) is 11.4. The minimum atomic E-state index is -1.09. The average Bonchev–Trinajstić information content (AvgIpc) is 2.61. The van der Waals surface area contributed by atoms with Crippen molar-refractivity contribution < 1.29 is 28.9 Å². The molecule has 0 spiro atoms. The van der Waals surface area contributed by atoms with Crippen LogP contribution >= 0.6 is 11.6 Å². The lowest BCUT2D eigenvalue weighted by atomic mass is 10.2. The molecule has 0 saturated heterocycles. The van der Waals surface area contributed by atoms with Crippen molar-refractivity contribution in [3.63, 3.8) is 0 Å². The van der Waals surface area contributed by atoms with Gasteiger partial charge in [-0.05, 0) is 37.3 Å². The number of carbonyl (C=O) groups excluding carboxylic acids is 2. The first kappa shape index (κ1) is 19.4. The smallest absolute Gasteiger partial charge is 0.342 e. The standard InChI is InChI=1S/C18H18ClNO6/c1-10(26-18(23)13-6-4-11(19)8-14(13)21)17(22)20-12-5-7-15(24-2)16(9-12)25-3/h4-10,21H,1-3H3,(H,20,22)/t10-/m0/s1. The molecule has 0 aliphatic heterocycles. The lowest BCUT2D eigenvalue weighted by Crippen LogP contribution is -2.30. The maximum atomic E-state index is 12.2. The van der Waals surface area contributed by atoms with Crippen molar-refractivity contribution in [3.05, 3.63) is 47.0 Å². The first-order valence-corrected chi connectivity index (χ1v) is 7.96. The Kier molecular flexibility index (Phi) is 6.30. The number of phenolic OH excluding ortho intramolecular Hbond substituents is 1. The first-order chi connectivity index (χ1) is 12.3. The molecule has 0 saturated carbocycles. The highest BCUT2D eigenvalue weighted by Crippen LogP contribution is 2.30. The third-order valence-corrected chi connectivity index (χ3v) is 3.72. The third kappa shape index (κ3) is 4.58. The average molecular weight is 380 g/mol. The molecule has 0 aliphatic carbocycles. The number of phenols is 1. The number of hydrogen-bond acceptors (Lipinski definition) is 6. The van der Waals surface area contributed by atoms with Gasteiger partial charge in [0, 0.05) is 16.8 Å². The summed E-state index contributed by atoms with van der Waals surface area (Å²) in [5, 5.41) is 12.6. The van der Waals surface area contributed by atoms with Crippen molar-refractivity contribution in [2.45, 2.75) is 13.0 Å². The van der Waals surface area contributed by atoms with E-state index >= 15 is 0 Å². The molecule has 7 nitrogen and oxygen atoms in total. The Balaban J connectivity index is 2.04. The SMILES string of the molecule is COc1ccc(NC(=O)[C@H](C)OC(=O)c2ccc(Cl)cc2O)cc1OC. The zero-order valence-corrected chi connectivity index (χ0v) is 15.2. The highest BCUT2D eigenvalue weighted by atomic mass is 35.5. The second kappa shape index (κ2) is 8.44. The van der Waals surface area contributed by atoms with Crippen molar-refractivity contribution in [1.29, 1.82) is 0 Å². The van der Waals surface area contributed by atoms with E-state index in [0.717, 1.165) is 0 Å². The summed E-state index contributed by atoms with van der Waals surface area (Å²) in [6, 6.07) is 8.81. The minimum absolute atomic E-state index is 0.0832. The molecule has 138 valence electrons. The second-order valence-corrected chi connectivity index (χ2v) is 5.70. The number of aromatic hydroxyl groups is 1. The predicted molar refractivity (Wildman–Crippen MR) is 96.2 cm³/mol. The van der Waals surface area contributed by atoms with Gasteiger partial charge in [0.15, 0.2) is 17.6 Å². The molecule has 1 amide bonds. The van der Waals surface area contributed by atoms with Gasteiger partial charge in [-0.1, -0.05) is 11.6 Å². The number of methoxy groups -OCH3 is 2. The minimum Gasteiger partial charge on any atom is -0.507 e. The number of nitrogens with one attached hydrogen (secondary N) is 1. The topological polar surface area (TPSA) is 94.1 Å². The van der Waals surface area contributed by atoms with E-state index in [9.17, 15) is 14.7 Å². The van der Waals surface area contributed by atoms with Crippen LogP contribution in [0.15, 0.2) is 36.4 Å². The second-order valence-electron chi connectivity index (χ2n) is 5.27. The van der Waals surface area contributed by atoms with Crippen LogP contribution in [0.25, 0.3) is 0 Å². The van der Waals surface area contributed by atoms with Crippen molar-refractivity contribution in [2.24, 2.45) is 0 Å². The first-order valence-electron chi connectivity index (χ1n) is 7.58. The highest BCUT2D eigenvalue weighted by Gasteiger charge is 2.21. The number of hydrogen-bond donors (Lipinski definition) is 2. The summed E-state index contributed by atoms with van der Waals surface area (Å²) in [6.45, 7) is 1.42. The quantitative estimate of drug-likeness (QED) is 0.748. The molecule has 0 aromatic heterocycles. The maximum absolute atomic E-state index is 12.2. The number of anilines is 1. The van der Waals surface area contributed by atoms with Crippen molar-refractivity contribution in [1.82, 2.24) is 0 Å². The maximum Gasteiger partial charge on any atom is 0.342 e. The van der Waals surface area contributed by atoms with E-state index in [1.165, 1.54) is 39.3 Å². The molecule has 0 aliphatic rings. The predicted octanol–water partition coefficient (Wildman–Crippen LogP) is 3.25. The summed E-state index contributed by atoms with van der Waals surface area (Å²) < 4.78 is 15.4. The van der Waals surface area contributed by atoms with Crippen molar-refractivity contribution >= 4 is 29.2 Å². The largest absolute Gasteiger partial charge is 0.507 e. The van der Waals surface area contributed by atoms with Gasteiger partial charge < -0.3 is 24.6 Å². The number of amides is 1. The molecule has 2 N–H and O–H groups in total. The molecule has 2 aromatic carbocycles. The van der Waals surface area contributed by atoms with Crippen molar-refractivity contribution in [3.8, 4) is 17.2 Å². The van der Waals surface area contributed by atoms with E-state index in [4.69, 9.17) is 25.8 Å². The lowest BCUT2D eigenvalue weighted by molar-refractivity contribution is -0.123. The Morgan fingerprint density at radius 3 is 2.38 bits per heavy atom. The summed E-state index contributed by atoms with van der Waals surface area (Å²) in [5.41, 5.74) is 0.366. The van der Waals surface area contributed by atoms with E-state index < -0.39 is 18.0 Å². The Morgan fingerprint density at radius 2 is 1.77 bits per heavy atom. The summed E-state index contributed by atoms with van der Waals surface area (Å²) in [5.74, 6) is -0.743. The number of benzene rings is 2. The van der Waals surface area contributed by atoms with Gasteiger partial charge in [0.25, 0.3) is 5.91 Å². The van der Waals surface area contributed by atoms with Gasteiger partial charge in [-0.2, -0.15) is 0 Å². The molecule has 2 aromatic rings. The van der Waals surface area contributed by atoms with E-state index in [-0.39, 0.29) is 16.3 Å². The Bertz CT molecular complexity index is 823. The summed E-state index contributed by atoms with van der Waals surface area (Å²) in [6.07, 6.45) is -1.09. The highest BCUT2D eigenvalue weighted by molar-refractivity contribution is 6.30. The van der Waals surface area contributed by atoms with Gasteiger partial charge in [-0.15, -0.1) is 0 Å². The molecule has 0 radical (unpaired) electrons. The van der Waals surface area contributed by atoms with Gasteiger partial charge in [-0.3, -0.25) is 4.79 Å². The Morgan fingerprint density at radius 1 is 1.08 bits per heavy atom. The van der Waals surface area contributed by atoms with Crippen LogP contribution in [-0.4, -0.2) is 37.3 Å². The number of esters is 1. The molecule has 0 fully saturated rings. The molecular formula is C18H18ClNO6. The van der Waals surface area contributed by atoms with Gasteiger partial charge in [0.1, 0.15) is 11.3 Å². The van der Waals surface area contributed by atoms with Gasteiger partial charge >= 0.3 is 5.97 Å². The summed E-state index contributed by atoms with van der Waals surface area (Å²) in [7, 11) is 2.98. The van der Waals surface area contributed by atoms with Crippen LogP contribution in [0.5, 0.6) is 17.2 Å². The van der Waals surface area contributed by atoms with Crippen LogP contribution in [0.3, 0.4) is 0 Å².